The number of nitrogens with one attached hydrogen (secondary N) is 2. The Labute approximate surface area is 349 Å². The zero-order valence-corrected chi connectivity index (χ0v) is 32.8. The number of hydrogen-bond donors (Lipinski definition) is 2. The van der Waals surface area contributed by atoms with E-state index in [4.69, 9.17) is 14.3 Å². The molecule has 13 nitrogen and oxygen atoms in total. The number of amides is 3. The third-order valence-corrected chi connectivity index (χ3v) is 11.1. The van der Waals surface area contributed by atoms with Crippen molar-refractivity contribution in [3.8, 4) is 0 Å². The number of anilines is 1. The molecular formula is C43H33F2N5O8S2. The Kier molecular flexibility index (Phi) is 13.2. The molecule has 0 radical (unpaired) electrons. The minimum atomic E-state index is -2.09. The van der Waals surface area contributed by atoms with E-state index in [0.717, 1.165) is 28.0 Å². The predicted molar refractivity (Wildman–Crippen MR) is 218 cm³/mol. The minimum Gasteiger partial charge on any atom is -0.451 e. The van der Waals surface area contributed by atoms with Crippen molar-refractivity contribution in [2.45, 2.75) is 29.7 Å². The zero-order valence-electron chi connectivity index (χ0n) is 31.1. The number of carbonyl (C=O) groups excluding carboxylic acids is 5. The van der Waals surface area contributed by atoms with E-state index in [-0.39, 0.29) is 16.4 Å². The molecule has 4 aromatic carbocycles. The Hall–Kier alpha value is -6.98. The SMILES string of the molecule is O=CNc1nc(C(=NOCC(=O)OC(c2ccccc2)c2ccccc2)C(=O)NC2C(=O)N3C(C(=O)OC(c4ccccc4)c4ccccc4)C(C=C(F)F)=CS[C@H]23)cs1. The first kappa shape index (κ1) is 41.2. The number of halogens is 2. The molecule has 7 rings (SSSR count). The van der Waals surface area contributed by atoms with Crippen LogP contribution in [0, 0.1) is 0 Å². The lowest BCUT2D eigenvalue weighted by Crippen LogP contribution is -2.74. The van der Waals surface area contributed by atoms with E-state index in [1.165, 1.54) is 10.8 Å². The Balaban J connectivity index is 1.09. The topological polar surface area (TPSA) is 166 Å². The second kappa shape index (κ2) is 19.2. The molecule has 2 aliphatic heterocycles. The maximum absolute atomic E-state index is 14.0. The van der Waals surface area contributed by atoms with Crippen LogP contribution in [-0.2, 0) is 38.3 Å². The van der Waals surface area contributed by atoms with Crippen molar-refractivity contribution in [2.75, 3.05) is 11.9 Å². The number of aromatic nitrogens is 1. The Morgan fingerprint density at radius 1 is 0.817 bits per heavy atom. The van der Waals surface area contributed by atoms with Gasteiger partial charge >= 0.3 is 11.9 Å². The van der Waals surface area contributed by atoms with E-state index in [0.29, 0.717) is 34.7 Å². The number of carbonyl (C=O) groups is 5. The van der Waals surface area contributed by atoms with Crippen LogP contribution in [0.25, 0.3) is 0 Å². The van der Waals surface area contributed by atoms with E-state index < -0.39 is 71.8 Å². The number of esters is 2. The van der Waals surface area contributed by atoms with Crippen molar-refractivity contribution in [3.05, 3.63) is 178 Å². The van der Waals surface area contributed by atoms with E-state index in [1.54, 1.807) is 109 Å². The van der Waals surface area contributed by atoms with Crippen LogP contribution in [-0.4, -0.2) is 69.8 Å². The number of hydrogen-bond acceptors (Lipinski definition) is 12. The maximum Gasteiger partial charge on any atom is 0.347 e. The molecule has 17 heteroatoms. The average molecular weight is 850 g/mol. The highest BCUT2D eigenvalue weighted by Crippen LogP contribution is 2.42. The fraction of sp³-hybridized carbons (Fsp3) is 0.140. The molecule has 1 fully saturated rings. The Morgan fingerprint density at radius 3 is 1.87 bits per heavy atom. The summed E-state index contributed by atoms with van der Waals surface area (Å²) in [6.07, 6.45) is -2.92. The molecule has 60 heavy (non-hydrogen) atoms. The molecule has 0 aliphatic carbocycles. The number of ether oxygens (including phenoxy) is 2. The molecule has 0 saturated carbocycles. The lowest BCUT2D eigenvalue weighted by atomic mass is 9.97. The quantitative estimate of drug-likeness (QED) is 0.0367. The number of rotatable bonds is 16. The van der Waals surface area contributed by atoms with Gasteiger partial charge < -0.3 is 29.8 Å². The van der Waals surface area contributed by atoms with Crippen molar-refractivity contribution < 1.29 is 47.1 Å². The summed E-state index contributed by atoms with van der Waals surface area (Å²) in [7, 11) is 0. The first-order valence-corrected chi connectivity index (χ1v) is 20.0. The van der Waals surface area contributed by atoms with Gasteiger partial charge in [0.05, 0.1) is 0 Å². The second-order valence-corrected chi connectivity index (χ2v) is 14.9. The summed E-state index contributed by atoms with van der Waals surface area (Å²) < 4.78 is 39.2. The molecule has 2 aliphatic rings. The summed E-state index contributed by atoms with van der Waals surface area (Å²) in [6.45, 7) is -0.728. The molecule has 2 N–H and O–H groups in total. The molecular weight excluding hydrogens is 817 g/mol. The van der Waals surface area contributed by atoms with Gasteiger partial charge in [-0.25, -0.2) is 14.6 Å². The highest BCUT2D eigenvalue weighted by atomic mass is 32.2. The van der Waals surface area contributed by atoms with Crippen LogP contribution in [0.2, 0.25) is 0 Å². The van der Waals surface area contributed by atoms with Crippen molar-refractivity contribution in [1.82, 2.24) is 15.2 Å². The largest absolute Gasteiger partial charge is 0.451 e. The van der Waals surface area contributed by atoms with Crippen LogP contribution in [0.15, 0.2) is 155 Å². The van der Waals surface area contributed by atoms with Crippen LogP contribution in [0.5, 0.6) is 0 Å². The minimum absolute atomic E-state index is 0.0679. The van der Waals surface area contributed by atoms with Gasteiger partial charge in [-0.2, -0.15) is 8.78 Å². The highest BCUT2D eigenvalue weighted by Gasteiger charge is 2.56. The van der Waals surface area contributed by atoms with Gasteiger partial charge in [0, 0.05) is 11.5 Å². The van der Waals surface area contributed by atoms with Crippen LogP contribution in [0.4, 0.5) is 13.9 Å². The zero-order chi connectivity index (χ0) is 42.0. The number of thiazole rings is 1. The monoisotopic (exact) mass is 849 g/mol. The smallest absolute Gasteiger partial charge is 0.347 e. The fourth-order valence-electron chi connectivity index (χ4n) is 6.48. The lowest BCUT2D eigenvalue weighted by Gasteiger charge is -2.51. The van der Waals surface area contributed by atoms with Crippen molar-refractivity contribution in [1.29, 1.82) is 0 Å². The van der Waals surface area contributed by atoms with E-state index in [9.17, 15) is 32.8 Å². The molecule has 3 heterocycles. The molecule has 304 valence electrons. The van der Waals surface area contributed by atoms with Gasteiger partial charge in [0.2, 0.25) is 18.9 Å². The average Bonchev–Trinajstić information content (AvgIpc) is 3.74. The van der Waals surface area contributed by atoms with Crippen molar-refractivity contribution >= 4 is 64.1 Å². The van der Waals surface area contributed by atoms with Gasteiger partial charge in [-0.05, 0) is 33.2 Å². The van der Waals surface area contributed by atoms with Gasteiger partial charge in [-0.1, -0.05) is 126 Å². The number of benzene rings is 4. The van der Waals surface area contributed by atoms with E-state index in [2.05, 4.69) is 20.8 Å². The highest BCUT2D eigenvalue weighted by molar-refractivity contribution is 8.03. The molecule has 0 spiro atoms. The predicted octanol–water partition coefficient (Wildman–Crippen LogP) is 6.53. The van der Waals surface area contributed by atoms with Crippen LogP contribution in [0.3, 0.4) is 0 Å². The standard InChI is InChI=1S/C43H33F2N5O8S2/c44-32(45)21-30-23-59-41-35(40(54)50(41)36(30)42(55)58-38(28-17-9-3-10-18-28)29-19-11-4-12-20-29)48-39(53)34(31-24-60-43(47-31)46-25-51)49-56-22-33(52)57-37(26-13-5-1-6-14-26)27-15-7-2-8-16-27/h1-21,23-25,35-38,41H,22H2,(H,48,53)(H,46,47,51)/t35?,36?,41-/m1/s1. The first-order valence-electron chi connectivity index (χ1n) is 18.2. The number of nitrogens with zero attached hydrogens (tertiary/aromatic N) is 3. The number of fused-ring (bicyclic) bond motifs is 1. The fourth-order valence-corrected chi connectivity index (χ4v) is 8.32. The van der Waals surface area contributed by atoms with Crippen molar-refractivity contribution in [3.63, 3.8) is 0 Å². The summed E-state index contributed by atoms with van der Waals surface area (Å²) in [5.41, 5.74) is 1.92. The van der Waals surface area contributed by atoms with Crippen LogP contribution < -0.4 is 10.6 Å². The summed E-state index contributed by atoms with van der Waals surface area (Å²) in [4.78, 5) is 76.5. The molecule has 1 saturated heterocycles. The Bertz CT molecular complexity index is 2360. The summed E-state index contributed by atoms with van der Waals surface area (Å²) >= 11 is 1.90. The van der Waals surface area contributed by atoms with Crippen LogP contribution in [0.1, 0.15) is 40.2 Å². The second-order valence-electron chi connectivity index (χ2n) is 13.0. The molecule has 3 atom stereocenters. The van der Waals surface area contributed by atoms with E-state index in [1.807, 2.05) is 12.1 Å². The number of oxime groups is 1. The lowest BCUT2D eigenvalue weighted by molar-refractivity contribution is -0.165. The van der Waals surface area contributed by atoms with Gasteiger partial charge in [0.25, 0.3) is 12.0 Å². The van der Waals surface area contributed by atoms with Gasteiger partial charge in [-0.3, -0.25) is 14.4 Å². The molecule has 5 aromatic rings. The number of β-lactam (4-membered cyclic amide) rings is 1. The Morgan fingerprint density at radius 2 is 1.35 bits per heavy atom. The summed E-state index contributed by atoms with van der Waals surface area (Å²) in [6, 6.07) is 32.9. The third-order valence-electron chi connectivity index (χ3n) is 9.18. The van der Waals surface area contributed by atoms with E-state index >= 15 is 0 Å². The van der Waals surface area contributed by atoms with Gasteiger partial charge in [0.15, 0.2) is 29.1 Å². The third kappa shape index (κ3) is 9.48. The molecule has 2 unspecified atom stereocenters. The van der Waals surface area contributed by atoms with Crippen molar-refractivity contribution in [2.24, 2.45) is 5.16 Å². The molecule has 0 bridgehead atoms. The normalized spacial score (nSPS) is 17.1. The number of thioether (sulfide) groups is 1. The van der Waals surface area contributed by atoms with Gasteiger partial charge in [0.1, 0.15) is 17.1 Å². The van der Waals surface area contributed by atoms with Gasteiger partial charge in [-0.15, -0.1) is 23.1 Å². The first-order chi connectivity index (χ1) is 29.2. The summed E-state index contributed by atoms with van der Waals surface area (Å²) in [5, 5.41) is 10.7. The molecule has 1 aromatic heterocycles. The summed E-state index contributed by atoms with van der Waals surface area (Å²) in [5.74, 6) is -3.52. The molecule has 3 amide bonds. The maximum atomic E-state index is 14.0. The van der Waals surface area contributed by atoms with Crippen LogP contribution >= 0.6 is 23.1 Å².